The second kappa shape index (κ2) is 5.28. The molecule has 0 bridgehead atoms. The third-order valence-corrected chi connectivity index (χ3v) is 4.40. The fraction of sp³-hybridized carbons (Fsp3) is 0.538. The lowest BCUT2D eigenvalue weighted by atomic mass is 9.81. The number of nitrogens with one attached hydrogen (secondary N) is 1. The van der Waals surface area contributed by atoms with Gasteiger partial charge in [-0.1, -0.05) is 25.3 Å². The number of rotatable bonds is 5. The highest BCUT2D eigenvalue weighted by molar-refractivity contribution is 7.89. The fourth-order valence-electron chi connectivity index (χ4n) is 2.33. The summed E-state index contributed by atoms with van der Waals surface area (Å²) in [5.41, 5.74) is 0.813. The predicted octanol–water partition coefficient (Wildman–Crippen LogP) is 2.32. The molecule has 2 rings (SSSR count). The van der Waals surface area contributed by atoms with Crippen molar-refractivity contribution in [2.75, 3.05) is 5.32 Å². The third kappa shape index (κ3) is 3.46. The summed E-state index contributed by atoms with van der Waals surface area (Å²) in [6.45, 7) is 2.13. The summed E-state index contributed by atoms with van der Waals surface area (Å²) < 4.78 is 22.5. The molecule has 1 atom stereocenters. The largest absolute Gasteiger partial charge is 0.383 e. The van der Waals surface area contributed by atoms with Gasteiger partial charge < -0.3 is 5.32 Å². The Labute approximate surface area is 109 Å². The van der Waals surface area contributed by atoms with Crippen molar-refractivity contribution < 1.29 is 8.42 Å². The Hall–Kier alpha value is -1.07. The van der Waals surface area contributed by atoms with Crippen LogP contribution in [0.5, 0.6) is 0 Å². The summed E-state index contributed by atoms with van der Waals surface area (Å²) in [5, 5.41) is 8.45. The SMILES string of the molecule is CC(CC1CCC1)Nc1cccc(S(N)(=O)=O)c1. The molecule has 0 spiro atoms. The molecule has 1 saturated carbocycles. The Balaban J connectivity index is 2.00. The molecule has 1 aromatic rings. The Morgan fingerprint density at radius 3 is 2.72 bits per heavy atom. The maximum atomic E-state index is 11.3. The first-order valence-electron chi connectivity index (χ1n) is 6.34. The topological polar surface area (TPSA) is 72.2 Å². The summed E-state index contributed by atoms with van der Waals surface area (Å²) in [6.07, 6.45) is 5.13. The maximum absolute atomic E-state index is 11.3. The molecular formula is C13H20N2O2S. The van der Waals surface area contributed by atoms with Gasteiger partial charge in [0.1, 0.15) is 0 Å². The molecule has 0 saturated heterocycles. The van der Waals surface area contributed by atoms with Crippen LogP contribution in [-0.2, 0) is 10.0 Å². The molecular weight excluding hydrogens is 248 g/mol. The maximum Gasteiger partial charge on any atom is 0.238 e. The van der Waals surface area contributed by atoms with Crippen molar-refractivity contribution in [3.05, 3.63) is 24.3 Å². The van der Waals surface area contributed by atoms with Crippen LogP contribution in [0.1, 0.15) is 32.6 Å². The summed E-state index contributed by atoms with van der Waals surface area (Å²) in [5.74, 6) is 0.828. The monoisotopic (exact) mass is 268 g/mol. The highest BCUT2D eigenvalue weighted by Crippen LogP contribution is 2.31. The van der Waals surface area contributed by atoms with Crippen LogP contribution < -0.4 is 10.5 Å². The highest BCUT2D eigenvalue weighted by Gasteiger charge is 2.20. The van der Waals surface area contributed by atoms with Crippen LogP contribution >= 0.6 is 0 Å². The van der Waals surface area contributed by atoms with E-state index in [0.717, 1.165) is 18.0 Å². The van der Waals surface area contributed by atoms with Crippen molar-refractivity contribution in [3.8, 4) is 0 Å². The second-order valence-electron chi connectivity index (χ2n) is 5.15. The molecule has 1 unspecified atom stereocenters. The van der Waals surface area contributed by atoms with Crippen LogP contribution in [0.3, 0.4) is 0 Å². The summed E-state index contributed by atoms with van der Waals surface area (Å²) in [4.78, 5) is 0.156. The number of hydrogen-bond acceptors (Lipinski definition) is 3. The zero-order valence-electron chi connectivity index (χ0n) is 10.6. The minimum absolute atomic E-state index is 0.156. The van der Waals surface area contributed by atoms with Crippen molar-refractivity contribution in [1.29, 1.82) is 0 Å². The zero-order valence-corrected chi connectivity index (χ0v) is 11.4. The molecule has 0 aromatic heterocycles. The number of hydrogen-bond donors (Lipinski definition) is 2. The first-order chi connectivity index (χ1) is 8.45. The number of anilines is 1. The van der Waals surface area contributed by atoms with Crippen LogP contribution in [0.4, 0.5) is 5.69 Å². The molecule has 0 heterocycles. The third-order valence-electron chi connectivity index (χ3n) is 3.49. The van der Waals surface area contributed by atoms with Crippen molar-refractivity contribution in [2.45, 2.75) is 43.5 Å². The molecule has 0 radical (unpaired) electrons. The quantitative estimate of drug-likeness (QED) is 0.861. The average Bonchev–Trinajstić information content (AvgIpc) is 2.23. The van der Waals surface area contributed by atoms with Gasteiger partial charge in [0, 0.05) is 11.7 Å². The van der Waals surface area contributed by atoms with Crippen LogP contribution in [-0.4, -0.2) is 14.5 Å². The summed E-state index contributed by atoms with van der Waals surface area (Å²) in [6, 6.07) is 7.03. The Kier molecular flexibility index (Phi) is 3.92. The minimum atomic E-state index is -3.62. The van der Waals surface area contributed by atoms with Crippen LogP contribution in [0.15, 0.2) is 29.2 Å². The van der Waals surface area contributed by atoms with Crippen molar-refractivity contribution in [1.82, 2.24) is 0 Å². The van der Waals surface area contributed by atoms with Gasteiger partial charge in [0.15, 0.2) is 0 Å². The molecule has 100 valence electrons. The molecule has 1 aliphatic carbocycles. The van der Waals surface area contributed by atoms with E-state index >= 15 is 0 Å². The molecule has 1 fully saturated rings. The van der Waals surface area contributed by atoms with Gasteiger partial charge in [-0.25, -0.2) is 13.6 Å². The number of nitrogens with two attached hydrogens (primary N) is 1. The highest BCUT2D eigenvalue weighted by atomic mass is 32.2. The van der Waals surface area contributed by atoms with Gasteiger partial charge in [-0.15, -0.1) is 0 Å². The molecule has 1 aliphatic rings. The Bertz CT molecular complexity index is 509. The number of primary sulfonamides is 1. The lowest BCUT2D eigenvalue weighted by Crippen LogP contribution is -2.23. The van der Waals surface area contributed by atoms with Gasteiger partial charge in [-0.2, -0.15) is 0 Å². The van der Waals surface area contributed by atoms with Gasteiger partial charge >= 0.3 is 0 Å². The average molecular weight is 268 g/mol. The van der Waals surface area contributed by atoms with E-state index in [-0.39, 0.29) is 4.90 Å². The van der Waals surface area contributed by atoms with Crippen molar-refractivity contribution in [2.24, 2.45) is 11.1 Å². The van der Waals surface area contributed by atoms with Crippen molar-refractivity contribution in [3.63, 3.8) is 0 Å². The molecule has 18 heavy (non-hydrogen) atoms. The smallest absolute Gasteiger partial charge is 0.238 e. The first kappa shape index (κ1) is 13.4. The number of sulfonamides is 1. The van der Waals surface area contributed by atoms with E-state index in [1.807, 2.05) is 6.07 Å². The molecule has 5 heteroatoms. The van der Waals surface area contributed by atoms with E-state index in [2.05, 4.69) is 12.2 Å². The standard InChI is InChI=1S/C13H20N2O2S/c1-10(8-11-4-2-5-11)15-12-6-3-7-13(9-12)18(14,16)17/h3,6-7,9-11,15H,2,4-5,8H2,1H3,(H2,14,16,17). The molecule has 1 aromatic carbocycles. The molecule has 4 nitrogen and oxygen atoms in total. The Morgan fingerprint density at radius 2 is 2.17 bits per heavy atom. The van der Waals surface area contributed by atoms with Crippen LogP contribution in [0.25, 0.3) is 0 Å². The zero-order chi connectivity index (χ0) is 13.2. The van der Waals surface area contributed by atoms with Gasteiger partial charge in [-0.05, 0) is 37.5 Å². The normalized spacial score (nSPS) is 18.1. The predicted molar refractivity (Wildman–Crippen MR) is 72.9 cm³/mol. The van der Waals surface area contributed by atoms with Gasteiger partial charge in [-0.3, -0.25) is 0 Å². The molecule has 0 amide bonds. The van der Waals surface area contributed by atoms with E-state index in [0.29, 0.717) is 6.04 Å². The van der Waals surface area contributed by atoms with Crippen LogP contribution in [0, 0.1) is 5.92 Å². The number of benzene rings is 1. The lowest BCUT2D eigenvalue weighted by molar-refractivity contribution is 0.286. The minimum Gasteiger partial charge on any atom is -0.383 e. The molecule has 0 aliphatic heterocycles. The van der Waals surface area contributed by atoms with E-state index in [1.54, 1.807) is 12.1 Å². The first-order valence-corrected chi connectivity index (χ1v) is 7.89. The van der Waals surface area contributed by atoms with E-state index < -0.39 is 10.0 Å². The van der Waals surface area contributed by atoms with E-state index in [1.165, 1.54) is 25.3 Å². The van der Waals surface area contributed by atoms with E-state index in [4.69, 9.17) is 5.14 Å². The lowest BCUT2D eigenvalue weighted by Gasteiger charge is -2.29. The Morgan fingerprint density at radius 1 is 1.44 bits per heavy atom. The van der Waals surface area contributed by atoms with Gasteiger partial charge in [0.25, 0.3) is 0 Å². The fourth-order valence-corrected chi connectivity index (χ4v) is 2.89. The van der Waals surface area contributed by atoms with Gasteiger partial charge in [0.2, 0.25) is 10.0 Å². The van der Waals surface area contributed by atoms with E-state index in [9.17, 15) is 8.42 Å². The molecule has 3 N–H and O–H groups in total. The van der Waals surface area contributed by atoms with Crippen LogP contribution in [0.2, 0.25) is 0 Å². The second-order valence-corrected chi connectivity index (χ2v) is 6.71. The van der Waals surface area contributed by atoms with Crippen molar-refractivity contribution >= 4 is 15.7 Å². The summed E-state index contributed by atoms with van der Waals surface area (Å²) >= 11 is 0. The summed E-state index contributed by atoms with van der Waals surface area (Å²) in [7, 11) is -3.62. The van der Waals surface area contributed by atoms with Gasteiger partial charge in [0.05, 0.1) is 4.90 Å².